The van der Waals surface area contributed by atoms with Gasteiger partial charge < -0.3 is 4.74 Å². The van der Waals surface area contributed by atoms with Crippen molar-refractivity contribution in [1.82, 2.24) is 4.90 Å². The lowest BCUT2D eigenvalue weighted by atomic mass is 9.94. The number of carbonyl (C=O) groups excluding carboxylic acids is 1. The summed E-state index contributed by atoms with van der Waals surface area (Å²) in [5.41, 5.74) is 6.47. The molecule has 0 spiro atoms. The third-order valence-electron chi connectivity index (χ3n) is 5.56. The Balaban J connectivity index is 2.23. The number of carbonyl (C=O) groups is 1. The average Bonchev–Trinajstić information content (AvgIpc) is 2.71. The van der Waals surface area contributed by atoms with Crippen molar-refractivity contribution in [3.05, 3.63) is 100 Å². The molecule has 1 aliphatic rings. The predicted molar refractivity (Wildman–Crippen MR) is 124 cm³/mol. The van der Waals surface area contributed by atoms with Gasteiger partial charge in [-0.15, -0.1) is 0 Å². The van der Waals surface area contributed by atoms with E-state index in [0.717, 1.165) is 33.4 Å². The van der Waals surface area contributed by atoms with E-state index in [9.17, 15) is 9.18 Å². The molecule has 0 radical (unpaired) electrons. The third kappa shape index (κ3) is 5.20. The maximum Gasteiger partial charge on any atom is 0.159 e. The van der Waals surface area contributed by atoms with E-state index in [1.54, 1.807) is 19.1 Å². The van der Waals surface area contributed by atoms with E-state index in [0.29, 0.717) is 24.4 Å². The normalized spacial score (nSPS) is 17.3. The van der Waals surface area contributed by atoms with Crippen molar-refractivity contribution in [3.8, 4) is 0 Å². The molecular weight excluding hydrogens is 389 g/mol. The largest absolute Gasteiger partial charge is 0.486 e. The Bertz CT molecular complexity index is 1080. The van der Waals surface area contributed by atoms with Crippen LogP contribution in [0.2, 0.25) is 0 Å². The van der Waals surface area contributed by atoms with Gasteiger partial charge in [0.25, 0.3) is 0 Å². The Morgan fingerprint density at radius 2 is 1.81 bits per heavy atom. The summed E-state index contributed by atoms with van der Waals surface area (Å²) in [6.45, 7) is 12.8. The average molecular weight is 420 g/mol. The number of benzene rings is 2. The molecule has 4 heteroatoms. The fourth-order valence-corrected chi connectivity index (χ4v) is 3.87. The maximum atomic E-state index is 14.1. The number of ether oxygens (including phenoxy) is 1. The molecule has 0 saturated carbocycles. The zero-order valence-corrected chi connectivity index (χ0v) is 19.0. The smallest absolute Gasteiger partial charge is 0.159 e. The van der Waals surface area contributed by atoms with Gasteiger partial charge in [-0.05, 0) is 92.4 Å². The van der Waals surface area contributed by atoms with Crippen LogP contribution in [0.4, 0.5) is 4.39 Å². The first-order chi connectivity index (χ1) is 14.7. The highest BCUT2D eigenvalue weighted by Crippen LogP contribution is 2.32. The number of halogens is 1. The molecule has 3 rings (SSSR count). The zero-order valence-electron chi connectivity index (χ0n) is 19.0. The van der Waals surface area contributed by atoms with Crippen LogP contribution in [-0.2, 0) is 17.8 Å². The molecular formula is C27H30FNO2. The third-order valence-corrected chi connectivity index (χ3v) is 5.56. The van der Waals surface area contributed by atoms with Crippen LogP contribution in [0.25, 0.3) is 5.57 Å². The van der Waals surface area contributed by atoms with E-state index in [1.807, 2.05) is 58.2 Å². The van der Waals surface area contributed by atoms with E-state index in [2.05, 4.69) is 11.5 Å². The molecule has 0 fully saturated rings. The molecule has 1 aliphatic heterocycles. The van der Waals surface area contributed by atoms with E-state index >= 15 is 0 Å². The first-order valence-corrected chi connectivity index (χ1v) is 10.5. The number of Topliss-reactive ketones (excluding diaryl/α,β-unsaturated/α-hetero) is 1. The number of ketones is 1. The van der Waals surface area contributed by atoms with Gasteiger partial charge in [0.2, 0.25) is 0 Å². The Labute approximate surface area is 184 Å². The summed E-state index contributed by atoms with van der Waals surface area (Å²) < 4.78 is 20.4. The van der Waals surface area contributed by atoms with Crippen molar-refractivity contribution in [1.29, 1.82) is 0 Å². The van der Waals surface area contributed by atoms with E-state index in [1.165, 1.54) is 6.07 Å². The second-order valence-corrected chi connectivity index (χ2v) is 8.37. The molecule has 0 aromatic heterocycles. The van der Waals surface area contributed by atoms with Crippen LogP contribution in [0.3, 0.4) is 0 Å². The molecule has 1 unspecified atom stereocenters. The zero-order chi connectivity index (χ0) is 22.7. The SMILES string of the molecule is C=CC1=CC(=C(C)C)OC(C)c2cc(F)ccc2CN(C)Cc2ccc(C(C)=O)cc21. The summed E-state index contributed by atoms with van der Waals surface area (Å²) in [5.74, 6) is 0.465. The van der Waals surface area contributed by atoms with Crippen LogP contribution in [0.1, 0.15) is 66.4 Å². The molecule has 0 bridgehead atoms. The van der Waals surface area contributed by atoms with Gasteiger partial charge in [0.15, 0.2) is 5.78 Å². The molecule has 0 saturated heterocycles. The fourth-order valence-electron chi connectivity index (χ4n) is 3.87. The van der Waals surface area contributed by atoms with E-state index in [-0.39, 0.29) is 17.7 Å². The van der Waals surface area contributed by atoms with E-state index < -0.39 is 0 Å². The van der Waals surface area contributed by atoms with Gasteiger partial charge in [0.05, 0.1) is 0 Å². The molecule has 2 aromatic carbocycles. The highest BCUT2D eigenvalue weighted by molar-refractivity contribution is 5.95. The number of nitrogens with zero attached hydrogens (tertiary/aromatic N) is 1. The summed E-state index contributed by atoms with van der Waals surface area (Å²) in [5, 5.41) is 0. The Hall–Kier alpha value is -2.98. The van der Waals surface area contributed by atoms with Gasteiger partial charge in [0.1, 0.15) is 17.7 Å². The van der Waals surface area contributed by atoms with Crippen molar-refractivity contribution in [3.63, 3.8) is 0 Å². The van der Waals surface area contributed by atoms with Gasteiger partial charge in [-0.25, -0.2) is 4.39 Å². The van der Waals surface area contributed by atoms with Gasteiger partial charge in [-0.3, -0.25) is 9.69 Å². The number of allylic oxidation sites excluding steroid dienone is 4. The Morgan fingerprint density at radius 3 is 2.45 bits per heavy atom. The minimum Gasteiger partial charge on any atom is -0.486 e. The number of rotatable bonds is 2. The Morgan fingerprint density at radius 1 is 1.13 bits per heavy atom. The van der Waals surface area contributed by atoms with Crippen molar-refractivity contribution in [2.75, 3.05) is 7.05 Å². The summed E-state index contributed by atoms with van der Waals surface area (Å²) in [7, 11) is 2.03. The monoisotopic (exact) mass is 419 g/mol. The van der Waals surface area contributed by atoms with Crippen LogP contribution >= 0.6 is 0 Å². The summed E-state index contributed by atoms with van der Waals surface area (Å²) in [6, 6.07) is 10.7. The lowest BCUT2D eigenvalue weighted by Crippen LogP contribution is -2.20. The van der Waals surface area contributed by atoms with Crippen LogP contribution < -0.4 is 0 Å². The summed E-state index contributed by atoms with van der Waals surface area (Å²) in [6.07, 6.45) is 3.43. The van der Waals surface area contributed by atoms with E-state index in [4.69, 9.17) is 4.74 Å². The van der Waals surface area contributed by atoms with Crippen molar-refractivity contribution in [2.45, 2.75) is 46.9 Å². The number of hydrogen-bond acceptors (Lipinski definition) is 3. The lowest BCUT2D eigenvalue weighted by molar-refractivity contribution is 0.101. The van der Waals surface area contributed by atoms with Gasteiger partial charge in [-0.1, -0.05) is 30.9 Å². The van der Waals surface area contributed by atoms with Crippen LogP contribution in [-0.4, -0.2) is 17.7 Å². The number of fused-ring (bicyclic) bond motifs is 2. The minimum absolute atomic E-state index is 0.0222. The highest BCUT2D eigenvalue weighted by Gasteiger charge is 2.19. The standard InChI is InChI=1S/C27H30FNO2/c1-7-20-13-27(17(2)3)31-19(5)25-14-24(28)11-10-22(25)15-29(6)16-23-9-8-21(18(4)30)12-26(20)23/h7-14,19H,1,15-16H2,2-6H3. The molecule has 0 aliphatic carbocycles. The van der Waals surface area contributed by atoms with Gasteiger partial charge >= 0.3 is 0 Å². The highest BCUT2D eigenvalue weighted by atomic mass is 19.1. The van der Waals surface area contributed by atoms with Crippen LogP contribution in [0.15, 0.2) is 66.5 Å². The molecule has 2 aromatic rings. The van der Waals surface area contributed by atoms with Crippen molar-refractivity contribution >= 4 is 11.4 Å². The quantitative estimate of drug-likeness (QED) is 0.513. The summed E-state index contributed by atoms with van der Waals surface area (Å²) >= 11 is 0. The fraction of sp³-hybridized carbons (Fsp3) is 0.296. The van der Waals surface area contributed by atoms with Crippen molar-refractivity contribution in [2.24, 2.45) is 0 Å². The minimum atomic E-state index is -0.325. The first kappa shape index (κ1) is 22.7. The molecule has 31 heavy (non-hydrogen) atoms. The molecule has 0 amide bonds. The van der Waals surface area contributed by atoms with Gasteiger partial charge in [-0.2, -0.15) is 0 Å². The second-order valence-electron chi connectivity index (χ2n) is 8.37. The molecule has 1 atom stereocenters. The summed E-state index contributed by atoms with van der Waals surface area (Å²) in [4.78, 5) is 14.2. The van der Waals surface area contributed by atoms with Gasteiger partial charge in [0, 0.05) is 18.7 Å². The predicted octanol–water partition coefficient (Wildman–Crippen LogP) is 6.61. The molecule has 162 valence electrons. The topological polar surface area (TPSA) is 29.5 Å². The Kier molecular flexibility index (Phi) is 6.91. The van der Waals surface area contributed by atoms with Crippen LogP contribution in [0.5, 0.6) is 0 Å². The van der Waals surface area contributed by atoms with Crippen LogP contribution in [0, 0.1) is 5.82 Å². The number of hydrogen-bond donors (Lipinski definition) is 0. The second kappa shape index (κ2) is 9.44. The maximum absolute atomic E-state index is 14.1. The first-order valence-electron chi connectivity index (χ1n) is 10.5. The molecule has 1 heterocycles. The molecule has 3 nitrogen and oxygen atoms in total. The van der Waals surface area contributed by atoms with Crippen molar-refractivity contribution < 1.29 is 13.9 Å². The molecule has 0 N–H and O–H groups in total. The lowest BCUT2D eigenvalue weighted by Gasteiger charge is -2.26.